The molecule has 0 spiro atoms. The first-order valence-corrected chi connectivity index (χ1v) is 7.73. The second-order valence-electron chi connectivity index (χ2n) is 5.52. The monoisotopic (exact) mass is 302 g/mol. The molecular formula is C17H22N2O3. The third kappa shape index (κ3) is 4.47. The van der Waals surface area contributed by atoms with Crippen LogP contribution in [0, 0.1) is 11.3 Å². The summed E-state index contributed by atoms with van der Waals surface area (Å²) in [5.74, 6) is 0.748. The fraction of sp³-hybridized carbons (Fsp3) is 0.529. The number of carbonyl (C=O) groups is 1. The van der Waals surface area contributed by atoms with Crippen LogP contribution in [-0.4, -0.2) is 41.7 Å². The molecule has 118 valence electrons. The number of likely N-dealkylation sites (tertiary alicyclic amines) is 1. The Balaban J connectivity index is 1.94. The van der Waals surface area contributed by atoms with E-state index in [2.05, 4.69) is 0 Å². The smallest absolute Gasteiger partial charge is 0.227 e. The minimum atomic E-state index is 0.0227. The van der Waals surface area contributed by atoms with Gasteiger partial charge in [0.05, 0.1) is 6.42 Å². The van der Waals surface area contributed by atoms with Crippen molar-refractivity contribution in [2.45, 2.75) is 38.1 Å². The lowest BCUT2D eigenvalue weighted by Gasteiger charge is -2.35. The number of ether oxygens (including phenoxy) is 1. The molecule has 5 heteroatoms. The van der Waals surface area contributed by atoms with Gasteiger partial charge in [-0.15, -0.1) is 0 Å². The van der Waals surface area contributed by atoms with E-state index >= 15 is 0 Å². The lowest BCUT2D eigenvalue weighted by atomic mass is 9.98. The number of nitriles is 1. The first-order valence-electron chi connectivity index (χ1n) is 7.73. The van der Waals surface area contributed by atoms with Crippen molar-refractivity contribution in [3.05, 3.63) is 29.8 Å². The van der Waals surface area contributed by atoms with Crippen molar-refractivity contribution in [2.75, 3.05) is 19.8 Å². The van der Waals surface area contributed by atoms with Gasteiger partial charge in [-0.2, -0.15) is 5.26 Å². The largest absolute Gasteiger partial charge is 0.479 e. The van der Waals surface area contributed by atoms with Gasteiger partial charge in [0.1, 0.15) is 11.8 Å². The summed E-state index contributed by atoms with van der Waals surface area (Å²) in [7, 11) is 0. The van der Waals surface area contributed by atoms with Gasteiger partial charge in [-0.1, -0.05) is 12.1 Å². The molecule has 1 aliphatic rings. The van der Waals surface area contributed by atoms with Crippen molar-refractivity contribution < 1.29 is 14.6 Å². The van der Waals surface area contributed by atoms with E-state index in [1.807, 2.05) is 23.1 Å². The number of aliphatic hydroxyl groups excluding tert-OH is 1. The van der Waals surface area contributed by atoms with Crippen LogP contribution in [0.15, 0.2) is 24.3 Å². The highest BCUT2D eigenvalue weighted by Gasteiger charge is 2.25. The summed E-state index contributed by atoms with van der Waals surface area (Å²) in [6.07, 6.45) is 4.16. The fourth-order valence-electron chi connectivity index (χ4n) is 2.87. The van der Waals surface area contributed by atoms with E-state index in [1.54, 1.807) is 12.1 Å². The highest BCUT2D eigenvalue weighted by Crippen LogP contribution is 2.21. The summed E-state index contributed by atoms with van der Waals surface area (Å²) in [6, 6.07) is 9.36. The zero-order valence-electron chi connectivity index (χ0n) is 12.7. The molecule has 1 amide bonds. The topological polar surface area (TPSA) is 73.6 Å². The SMILES string of the molecule is N#CCOc1ccc(CC(=O)N2CCCCC2CCO)cc1. The first kappa shape index (κ1) is 16.3. The maximum atomic E-state index is 12.5. The van der Waals surface area contributed by atoms with E-state index in [0.29, 0.717) is 18.6 Å². The summed E-state index contributed by atoms with van der Waals surface area (Å²) in [6.45, 7) is 0.932. The Labute approximate surface area is 131 Å². The van der Waals surface area contributed by atoms with Gasteiger partial charge >= 0.3 is 0 Å². The quantitative estimate of drug-likeness (QED) is 0.871. The van der Waals surface area contributed by atoms with Crippen LogP contribution < -0.4 is 4.74 Å². The van der Waals surface area contributed by atoms with E-state index in [1.165, 1.54) is 0 Å². The molecule has 1 aliphatic heterocycles. The molecule has 1 N–H and O–H groups in total. The Kier molecular flexibility index (Phi) is 6.23. The number of aliphatic hydroxyl groups is 1. The molecule has 22 heavy (non-hydrogen) atoms. The van der Waals surface area contributed by atoms with Crippen LogP contribution in [0.3, 0.4) is 0 Å². The summed E-state index contributed by atoms with van der Waals surface area (Å²) >= 11 is 0. The van der Waals surface area contributed by atoms with Crippen molar-refractivity contribution in [3.8, 4) is 11.8 Å². The van der Waals surface area contributed by atoms with Crippen molar-refractivity contribution >= 4 is 5.91 Å². The molecule has 0 bridgehead atoms. The number of hydrogen-bond donors (Lipinski definition) is 1. The van der Waals surface area contributed by atoms with E-state index in [4.69, 9.17) is 15.1 Å². The number of amides is 1. The minimum absolute atomic E-state index is 0.0227. The highest BCUT2D eigenvalue weighted by molar-refractivity contribution is 5.79. The van der Waals surface area contributed by atoms with Crippen LogP contribution in [0.4, 0.5) is 0 Å². The Morgan fingerprint density at radius 3 is 2.82 bits per heavy atom. The van der Waals surface area contributed by atoms with Gasteiger partial charge in [-0.3, -0.25) is 4.79 Å². The Bertz CT molecular complexity index is 520. The second kappa shape index (κ2) is 8.40. The second-order valence-corrected chi connectivity index (χ2v) is 5.52. The lowest BCUT2D eigenvalue weighted by Crippen LogP contribution is -2.44. The maximum Gasteiger partial charge on any atom is 0.227 e. The number of benzene rings is 1. The summed E-state index contributed by atoms with van der Waals surface area (Å²) in [5.41, 5.74) is 0.933. The van der Waals surface area contributed by atoms with E-state index in [9.17, 15) is 4.79 Å². The molecule has 1 atom stereocenters. The molecule has 1 aromatic carbocycles. The molecule has 2 rings (SSSR count). The zero-order chi connectivity index (χ0) is 15.8. The standard InChI is InChI=1S/C17H22N2O3/c18-9-12-22-16-6-4-14(5-7-16)13-17(21)19-10-2-1-3-15(19)8-11-20/h4-7,15,20H,1-3,8,10-13H2. The van der Waals surface area contributed by atoms with E-state index in [0.717, 1.165) is 31.4 Å². The van der Waals surface area contributed by atoms with E-state index < -0.39 is 0 Å². The molecule has 1 unspecified atom stereocenters. The third-order valence-corrected chi connectivity index (χ3v) is 3.99. The molecule has 1 heterocycles. The van der Waals surface area contributed by atoms with Crippen LogP contribution in [0.1, 0.15) is 31.2 Å². The van der Waals surface area contributed by atoms with Gasteiger partial charge in [0.2, 0.25) is 5.91 Å². The predicted octanol–water partition coefficient (Wildman–Crippen LogP) is 1.89. The lowest BCUT2D eigenvalue weighted by molar-refractivity contribution is -0.134. The van der Waals surface area contributed by atoms with Gasteiger partial charge in [0.15, 0.2) is 6.61 Å². The fourth-order valence-corrected chi connectivity index (χ4v) is 2.87. The van der Waals surface area contributed by atoms with Crippen LogP contribution in [-0.2, 0) is 11.2 Å². The molecule has 1 aromatic rings. The van der Waals surface area contributed by atoms with Crippen LogP contribution in [0.5, 0.6) is 5.75 Å². The van der Waals surface area contributed by atoms with Crippen molar-refractivity contribution in [1.82, 2.24) is 4.90 Å². The van der Waals surface area contributed by atoms with Crippen molar-refractivity contribution in [3.63, 3.8) is 0 Å². The van der Waals surface area contributed by atoms with Gasteiger partial charge in [0, 0.05) is 19.2 Å². The van der Waals surface area contributed by atoms with Gasteiger partial charge < -0.3 is 14.7 Å². The van der Waals surface area contributed by atoms with Crippen LogP contribution in [0.25, 0.3) is 0 Å². The number of carbonyl (C=O) groups excluding carboxylic acids is 1. The minimum Gasteiger partial charge on any atom is -0.479 e. The third-order valence-electron chi connectivity index (χ3n) is 3.99. The van der Waals surface area contributed by atoms with Crippen molar-refractivity contribution in [1.29, 1.82) is 5.26 Å². The molecule has 1 saturated heterocycles. The van der Waals surface area contributed by atoms with Gasteiger partial charge in [0.25, 0.3) is 0 Å². The molecular weight excluding hydrogens is 280 g/mol. The number of piperidine rings is 1. The molecule has 0 radical (unpaired) electrons. The number of rotatable bonds is 6. The maximum absolute atomic E-state index is 12.5. The summed E-state index contributed by atoms with van der Waals surface area (Å²) < 4.78 is 5.20. The van der Waals surface area contributed by atoms with Crippen LogP contribution in [0.2, 0.25) is 0 Å². The van der Waals surface area contributed by atoms with Crippen molar-refractivity contribution in [2.24, 2.45) is 0 Å². The zero-order valence-corrected chi connectivity index (χ0v) is 12.7. The van der Waals surface area contributed by atoms with E-state index in [-0.39, 0.29) is 25.2 Å². The molecule has 0 saturated carbocycles. The Hall–Kier alpha value is -2.06. The molecule has 1 fully saturated rings. The number of nitrogens with zero attached hydrogens (tertiary/aromatic N) is 2. The summed E-state index contributed by atoms with van der Waals surface area (Å²) in [5, 5.41) is 17.6. The highest BCUT2D eigenvalue weighted by atomic mass is 16.5. The molecule has 0 aliphatic carbocycles. The summed E-state index contributed by atoms with van der Waals surface area (Å²) in [4.78, 5) is 14.4. The Morgan fingerprint density at radius 1 is 1.36 bits per heavy atom. The van der Waals surface area contributed by atoms with Gasteiger partial charge in [-0.05, 0) is 43.4 Å². The first-order chi connectivity index (χ1) is 10.7. The molecule has 0 aromatic heterocycles. The average Bonchev–Trinajstić information content (AvgIpc) is 2.55. The molecule has 5 nitrogen and oxygen atoms in total. The number of hydrogen-bond acceptors (Lipinski definition) is 4. The normalized spacial score (nSPS) is 17.8. The predicted molar refractivity (Wildman–Crippen MR) is 82.3 cm³/mol. The van der Waals surface area contributed by atoms with Crippen LogP contribution >= 0.6 is 0 Å². The Morgan fingerprint density at radius 2 is 2.14 bits per heavy atom. The average molecular weight is 302 g/mol. The van der Waals surface area contributed by atoms with Gasteiger partial charge in [-0.25, -0.2) is 0 Å².